The van der Waals surface area contributed by atoms with E-state index >= 15 is 0 Å². The van der Waals surface area contributed by atoms with Gasteiger partial charge < -0.3 is 15.2 Å². The standard InChI is InChI=1S/C14H23NO2/c1-5-10(3)16-12-7-8-13(15)14(9-12)17-11(4)6-2/h7-11H,5-6,15H2,1-4H3. The summed E-state index contributed by atoms with van der Waals surface area (Å²) in [6.45, 7) is 8.26. The maximum Gasteiger partial charge on any atom is 0.146 e. The maximum absolute atomic E-state index is 5.88. The number of nitrogens with two attached hydrogens (primary N) is 1. The summed E-state index contributed by atoms with van der Waals surface area (Å²) in [4.78, 5) is 0. The van der Waals surface area contributed by atoms with Gasteiger partial charge >= 0.3 is 0 Å². The average molecular weight is 237 g/mol. The van der Waals surface area contributed by atoms with E-state index in [1.807, 2.05) is 32.0 Å². The Hall–Kier alpha value is -1.38. The van der Waals surface area contributed by atoms with Crippen LogP contribution in [0.25, 0.3) is 0 Å². The van der Waals surface area contributed by atoms with E-state index in [-0.39, 0.29) is 12.2 Å². The Kier molecular flexibility index (Phi) is 5.13. The fourth-order valence-corrected chi connectivity index (χ4v) is 1.31. The van der Waals surface area contributed by atoms with Gasteiger partial charge in [0.25, 0.3) is 0 Å². The van der Waals surface area contributed by atoms with Gasteiger partial charge in [0.05, 0.1) is 17.9 Å². The summed E-state index contributed by atoms with van der Waals surface area (Å²) < 4.78 is 11.5. The number of ether oxygens (including phenoxy) is 2. The van der Waals surface area contributed by atoms with E-state index in [2.05, 4.69) is 13.8 Å². The van der Waals surface area contributed by atoms with Crippen molar-refractivity contribution < 1.29 is 9.47 Å². The van der Waals surface area contributed by atoms with Gasteiger partial charge in [0.2, 0.25) is 0 Å². The van der Waals surface area contributed by atoms with Crippen LogP contribution in [0.1, 0.15) is 40.5 Å². The molecule has 0 bridgehead atoms. The smallest absolute Gasteiger partial charge is 0.146 e. The molecule has 0 saturated heterocycles. The summed E-state index contributed by atoms with van der Waals surface area (Å²) in [7, 11) is 0. The zero-order valence-corrected chi connectivity index (χ0v) is 11.2. The van der Waals surface area contributed by atoms with Crippen molar-refractivity contribution in [3.05, 3.63) is 18.2 Å². The molecule has 1 aromatic rings. The van der Waals surface area contributed by atoms with Crippen LogP contribution in [0.2, 0.25) is 0 Å². The SMILES string of the molecule is CCC(C)Oc1ccc(N)c(OC(C)CC)c1. The Bertz CT molecular complexity index is 352. The molecule has 0 radical (unpaired) electrons. The Balaban J connectivity index is 2.79. The van der Waals surface area contributed by atoms with Gasteiger partial charge in [-0.1, -0.05) is 13.8 Å². The summed E-state index contributed by atoms with van der Waals surface area (Å²) in [5.41, 5.74) is 6.53. The quantitative estimate of drug-likeness (QED) is 0.768. The van der Waals surface area contributed by atoms with Crippen molar-refractivity contribution in [3.63, 3.8) is 0 Å². The molecule has 0 aliphatic rings. The molecule has 2 atom stereocenters. The third-order valence-corrected chi connectivity index (χ3v) is 2.80. The summed E-state index contributed by atoms with van der Waals surface area (Å²) in [6, 6.07) is 5.58. The fourth-order valence-electron chi connectivity index (χ4n) is 1.31. The Morgan fingerprint density at radius 2 is 1.65 bits per heavy atom. The number of nitrogen functional groups attached to an aromatic ring is 1. The second kappa shape index (κ2) is 6.38. The van der Waals surface area contributed by atoms with E-state index in [1.165, 1.54) is 0 Å². The zero-order valence-electron chi connectivity index (χ0n) is 11.2. The van der Waals surface area contributed by atoms with E-state index in [0.29, 0.717) is 11.4 Å². The van der Waals surface area contributed by atoms with Gasteiger partial charge in [0.15, 0.2) is 0 Å². The highest BCUT2D eigenvalue weighted by atomic mass is 16.5. The molecule has 17 heavy (non-hydrogen) atoms. The van der Waals surface area contributed by atoms with Crippen LogP contribution in [0.4, 0.5) is 5.69 Å². The molecule has 0 fully saturated rings. The molecule has 0 aliphatic heterocycles. The molecule has 0 amide bonds. The second-order valence-corrected chi connectivity index (χ2v) is 4.37. The lowest BCUT2D eigenvalue weighted by atomic mass is 10.2. The molecule has 96 valence electrons. The van der Waals surface area contributed by atoms with Crippen molar-refractivity contribution >= 4 is 5.69 Å². The third kappa shape index (κ3) is 4.17. The lowest BCUT2D eigenvalue weighted by Gasteiger charge is -2.17. The first kappa shape index (κ1) is 13.7. The first-order valence-corrected chi connectivity index (χ1v) is 6.29. The highest BCUT2D eigenvalue weighted by molar-refractivity contribution is 5.55. The molecule has 0 saturated carbocycles. The lowest BCUT2D eigenvalue weighted by molar-refractivity contribution is 0.206. The van der Waals surface area contributed by atoms with Crippen LogP contribution in [0.5, 0.6) is 11.5 Å². The normalized spacial score (nSPS) is 14.1. The predicted molar refractivity (Wildman–Crippen MR) is 71.6 cm³/mol. The van der Waals surface area contributed by atoms with Crippen molar-refractivity contribution in [3.8, 4) is 11.5 Å². The van der Waals surface area contributed by atoms with E-state index in [4.69, 9.17) is 15.2 Å². The topological polar surface area (TPSA) is 44.5 Å². The minimum Gasteiger partial charge on any atom is -0.491 e. The number of hydrogen-bond acceptors (Lipinski definition) is 3. The molecule has 2 unspecified atom stereocenters. The summed E-state index contributed by atoms with van der Waals surface area (Å²) >= 11 is 0. The largest absolute Gasteiger partial charge is 0.491 e. The first-order valence-electron chi connectivity index (χ1n) is 6.29. The first-order chi connectivity index (χ1) is 8.06. The molecular weight excluding hydrogens is 214 g/mol. The van der Waals surface area contributed by atoms with Crippen molar-refractivity contribution in [2.24, 2.45) is 0 Å². The van der Waals surface area contributed by atoms with Crippen LogP contribution in [0, 0.1) is 0 Å². The van der Waals surface area contributed by atoms with Crippen molar-refractivity contribution in [2.45, 2.75) is 52.7 Å². The Labute approximate surface area is 104 Å². The highest BCUT2D eigenvalue weighted by Gasteiger charge is 2.08. The summed E-state index contributed by atoms with van der Waals surface area (Å²) in [5, 5.41) is 0. The molecule has 0 spiro atoms. The van der Waals surface area contributed by atoms with Gasteiger partial charge in [-0.15, -0.1) is 0 Å². The molecule has 1 aromatic carbocycles. The molecule has 3 nitrogen and oxygen atoms in total. The van der Waals surface area contributed by atoms with Crippen LogP contribution >= 0.6 is 0 Å². The number of anilines is 1. The van der Waals surface area contributed by atoms with E-state index in [0.717, 1.165) is 18.6 Å². The van der Waals surface area contributed by atoms with Crippen LogP contribution in [0.3, 0.4) is 0 Å². The molecule has 0 aliphatic carbocycles. The predicted octanol–water partition coefficient (Wildman–Crippen LogP) is 3.62. The van der Waals surface area contributed by atoms with Crippen molar-refractivity contribution in [2.75, 3.05) is 5.73 Å². The van der Waals surface area contributed by atoms with Crippen LogP contribution in [-0.2, 0) is 0 Å². The van der Waals surface area contributed by atoms with Gasteiger partial charge in [-0.2, -0.15) is 0 Å². The molecule has 2 N–H and O–H groups in total. The summed E-state index contributed by atoms with van der Waals surface area (Å²) in [5.74, 6) is 1.52. The van der Waals surface area contributed by atoms with Crippen LogP contribution < -0.4 is 15.2 Å². The van der Waals surface area contributed by atoms with Crippen molar-refractivity contribution in [1.29, 1.82) is 0 Å². The number of benzene rings is 1. The highest BCUT2D eigenvalue weighted by Crippen LogP contribution is 2.28. The lowest BCUT2D eigenvalue weighted by Crippen LogP contribution is -2.12. The molecule has 0 heterocycles. The minimum absolute atomic E-state index is 0.163. The molecule has 0 aromatic heterocycles. The van der Waals surface area contributed by atoms with Crippen LogP contribution in [0.15, 0.2) is 18.2 Å². The van der Waals surface area contributed by atoms with Gasteiger partial charge in [0, 0.05) is 6.07 Å². The second-order valence-electron chi connectivity index (χ2n) is 4.37. The third-order valence-electron chi connectivity index (χ3n) is 2.80. The molecular formula is C14H23NO2. The Morgan fingerprint density at radius 1 is 1.06 bits per heavy atom. The van der Waals surface area contributed by atoms with Crippen LogP contribution in [-0.4, -0.2) is 12.2 Å². The molecule has 3 heteroatoms. The minimum atomic E-state index is 0.163. The average Bonchev–Trinajstić information content (AvgIpc) is 2.33. The maximum atomic E-state index is 5.88. The monoisotopic (exact) mass is 237 g/mol. The van der Waals surface area contributed by atoms with Gasteiger partial charge in [-0.25, -0.2) is 0 Å². The van der Waals surface area contributed by atoms with E-state index in [9.17, 15) is 0 Å². The molecule has 1 rings (SSSR count). The van der Waals surface area contributed by atoms with Crippen molar-refractivity contribution in [1.82, 2.24) is 0 Å². The number of rotatable bonds is 6. The van der Waals surface area contributed by atoms with E-state index in [1.54, 1.807) is 0 Å². The van der Waals surface area contributed by atoms with E-state index < -0.39 is 0 Å². The fraction of sp³-hybridized carbons (Fsp3) is 0.571. The van der Waals surface area contributed by atoms with Gasteiger partial charge in [0.1, 0.15) is 11.5 Å². The number of hydrogen-bond donors (Lipinski definition) is 1. The van der Waals surface area contributed by atoms with Gasteiger partial charge in [-0.3, -0.25) is 0 Å². The zero-order chi connectivity index (χ0) is 12.8. The van der Waals surface area contributed by atoms with Gasteiger partial charge in [-0.05, 0) is 38.8 Å². The summed E-state index contributed by atoms with van der Waals surface area (Å²) in [6.07, 6.45) is 2.30. The Morgan fingerprint density at radius 3 is 2.24 bits per heavy atom.